The summed E-state index contributed by atoms with van der Waals surface area (Å²) in [5.74, 6) is -2.00. The Kier molecular flexibility index (Phi) is 6.77. The van der Waals surface area contributed by atoms with E-state index in [1.807, 2.05) is 12.1 Å². The van der Waals surface area contributed by atoms with Crippen LogP contribution in [0, 0.1) is 0 Å². The number of amides is 3. The number of hydrogen-bond donors (Lipinski definition) is 1. The monoisotopic (exact) mass is 489 g/mol. The van der Waals surface area contributed by atoms with Crippen LogP contribution in [0.4, 0.5) is 0 Å². The molecule has 3 aromatic rings. The Bertz CT molecular complexity index is 1310. The molecule has 2 aliphatic rings. The maximum Gasteiger partial charge on any atom is 0.365 e. The highest BCUT2D eigenvalue weighted by Crippen LogP contribution is 2.22. The van der Waals surface area contributed by atoms with E-state index in [1.54, 1.807) is 28.8 Å². The lowest BCUT2D eigenvalue weighted by Gasteiger charge is -2.26. The molecular formula is C26H27N5O5. The summed E-state index contributed by atoms with van der Waals surface area (Å²) in [5.41, 5.74) is 2.70. The summed E-state index contributed by atoms with van der Waals surface area (Å²) in [5, 5.41) is 3.52. The topological polar surface area (TPSA) is 113 Å². The third-order valence-corrected chi connectivity index (χ3v) is 6.45. The van der Waals surface area contributed by atoms with Crippen LogP contribution in [-0.2, 0) is 14.4 Å². The van der Waals surface area contributed by atoms with Crippen LogP contribution < -0.4 is 5.32 Å². The molecule has 10 heteroatoms. The van der Waals surface area contributed by atoms with Crippen molar-refractivity contribution in [3.8, 4) is 11.3 Å². The van der Waals surface area contributed by atoms with Crippen LogP contribution in [0.15, 0.2) is 48.8 Å². The number of imide groups is 1. The Morgan fingerprint density at radius 3 is 2.50 bits per heavy atom. The third-order valence-electron chi connectivity index (χ3n) is 6.45. The predicted molar refractivity (Wildman–Crippen MR) is 130 cm³/mol. The maximum atomic E-state index is 12.7. The predicted octanol–water partition coefficient (Wildman–Crippen LogP) is 2.44. The molecule has 2 fully saturated rings. The van der Waals surface area contributed by atoms with Crippen molar-refractivity contribution >= 4 is 29.3 Å². The van der Waals surface area contributed by atoms with Crippen LogP contribution >= 0.6 is 0 Å². The van der Waals surface area contributed by atoms with Gasteiger partial charge in [-0.2, -0.15) is 0 Å². The summed E-state index contributed by atoms with van der Waals surface area (Å²) >= 11 is 0. The molecule has 186 valence electrons. The van der Waals surface area contributed by atoms with E-state index in [9.17, 15) is 19.2 Å². The molecule has 2 saturated heterocycles. The second-order valence-corrected chi connectivity index (χ2v) is 9.01. The van der Waals surface area contributed by atoms with E-state index in [-0.39, 0.29) is 24.3 Å². The number of imidazole rings is 1. The summed E-state index contributed by atoms with van der Waals surface area (Å²) in [6.45, 7) is 3.63. The van der Waals surface area contributed by atoms with Gasteiger partial charge in [0.05, 0.1) is 11.3 Å². The minimum atomic E-state index is -0.807. The van der Waals surface area contributed by atoms with Crippen LogP contribution in [0.2, 0.25) is 0 Å². The van der Waals surface area contributed by atoms with E-state index < -0.39 is 17.8 Å². The van der Waals surface area contributed by atoms with Gasteiger partial charge in [0.2, 0.25) is 0 Å². The standard InChI is InChI=1S/C26H27N5O5/c32-23-9-10-24(33)31(23)36-26(35)20-7-8-22-28-21(17-30(22)16-20)18-5-4-6-19(15-18)25(34)27-11-14-29-12-2-1-3-13-29/h4-8,15-17H,1-3,9-14H2,(H,27,34). The van der Waals surface area contributed by atoms with Crippen LogP contribution in [-0.4, -0.2) is 69.2 Å². The van der Waals surface area contributed by atoms with Crippen LogP contribution in [0.5, 0.6) is 0 Å². The average molecular weight is 490 g/mol. The first-order valence-electron chi connectivity index (χ1n) is 12.2. The molecule has 0 bridgehead atoms. The number of nitrogens with one attached hydrogen (secondary N) is 1. The summed E-state index contributed by atoms with van der Waals surface area (Å²) in [6.07, 6.45) is 7.05. The van der Waals surface area contributed by atoms with Crippen LogP contribution in [0.25, 0.3) is 16.9 Å². The molecule has 10 nitrogen and oxygen atoms in total. The Hall–Kier alpha value is -4.05. The quantitative estimate of drug-likeness (QED) is 0.507. The number of piperidine rings is 1. The minimum Gasteiger partial charge on any atom is -0.351 e. The Balaban J connectivity index is 1.26. The normalized spacial score (nSPS) is 16.5. The lowest BCUT2D eigenvalue weighted by Crippen LogP contribution is -2.37. The van der Waals surface area contributed by atoms with Gasteiger partial charge < -0.3 is 19.5 Å². The summed E-state index contributed by atoms with van der Waals surface area (Å²) in [6, 6.07) is 10.4. The zero-order valence-electron chi connectivity index (χ0n) is 19.8. The first-order chi connectivity index (χ1) is 17.5. The molecule has 1 N–H and O–H groups in total. The number of likely N-dealkylation sites (tertiary alicyclic amines) is 1. The molecule has 0 saturated carbocycles. The Labute approximate surface area is 207 Å². The molecule has 1 aromatic carbocycles. The molecule has 2 aliphatic heterocycles. The largest absolute Gasteiger partial charge is 0.365 e. The SMILES string of the molecule is O=C(NCCN1CCCCC1)c1cccc(-c2cn3cc(C(=O)ON4C(=O)CCC4=O)ccc3n2)c1. The number of nitrogens with zero attached hydrogens (tertiary/aromatic N) is 4. The van der Waals surface area contributed by atoms with Gasteiger partial charge in [0, 0.05) is 49.5 Å². The lowest BCUT2D eigenvalue weighted by molar-refractivity contribution is -0.172. The summed E-state index contributed by atoms with van der Waals surface area (Å²) in [4.78, 5) is 60.5. The van der Waals surface area contributed by atoms with Gasteiger partial charge in [-0.1, -0.05) is 18.6 Å². The Morgan fingerprint density at radius 1 is 0.944 bits per heavy atom. The molecule has 36 heavy (non-hydrogen) atoms. The fourth-order valence-corrected chi connectivity index (χ4v) is 4.48. The number of carbonyl (C=O) groups excluding carboxylic acids is 4. The van der Waals surface area contributed by atoms with Crippen molar-refractivity contribution in [3.05, 3.63) is 59.9 Å². The van der Waals surface area contributed by atoms with Gasteiger partial charge in [0.1, 0.15) is 5.65 Å². The van der Waals surface area contributed by atoms with Crippen molar-refractivity contribution in [2.45, 2.75) is 32.1 Å². The van der Waals surface area contributed by atoms with Gasteiger partial charge in [-0.3, -0.25) is 14.4 Å². The number of hydroxylamine groups is 2. The highest BCUT2D eigenvalue weighted by atomic mass is 16.7. The number of carbonyl (C=O) groups is 4. The molecule has 3 amide bonds. The van der Waals surface area contributed by atoms with Gasteiger partial charge in [-0.05, 0) is 50.2 Å². The second kappa shape index (κ2) is 10.3. The van der Waals surface area contributed by atoms with E-state index in [1.165, 1.54) is 31.5 Å². The van der Waals surface area contributed by atoms with Crippen molar-refractivity contribution in [3.63, 3.8) is 0 Å². The number of pyridine rings is 1. The lowest BCUT2D eigenvalue weighted by atomic mass is 10.1. The van der Waals surface area contributed by atoms with Crippen molar-refractivity contribution in [1.29, 1.82) is 0 Å². The molecule has 5 rings (SSSR count). The van der Waals surface area contributed by atoms with Gasteiger partial charge in [0.25, 0.3) is 17.7 Å². The van der Waals surface area contributed by atoms with E-state index in [0.717, 1.165) is 25.2 Å². The highest BCUT2D eigenvalue weighted by Gasteiger charge is 2.33. The Morgan fingerprint density at radius 2 is 1.72 bits per heavy atom. The van der Waals surface area contributed by atoms with Gasteiger partial charge in [-0.25, -0.2) is 9.78 Å². The first-order valence-corrected chi connectivity index (χ1v) is 12.2. The van der Waals surface area contributed by atoms with E-state index >= 15 is 0 Å². The molecule has 2 aromatic heterocycles. The fourth-order valence-electron chi connectivity index (χ4n) is 4.48. The average Bonchev–Trinajstić information content (AvgIpc) is 3.47. The maximum absolute atomic E-state index is 12.7. The summed E-state index contributed by atoms with van der Waals surface area (Å²) < 4.78 is 1.66. The van der Waals surface area contributed by atoms with Crippen molar-refractivity contribution in [2.75, 3.05) is 26.2 Å². The zero-order valence-corrected chi connectivity index (χ0v) is 19.8. The van der Waals surface area contributed by atoms with Crippen molar-refractivity contribution < 1.29 is 24.0 Å². The smallest absolute Gasteiger partial charge is 0.351 e. The van der Waals surface area contributed by atoms with Crippen LogP contribution in [0.1, 0.15) is 52.8 Å². The molecule has 0 radical (unpaired) electrons. The number of aromatic nitrogens is 2. The second-order valence-electron chi connectivity index (χ2n) is 9.01. The number of benzene rings is 1. The van der Waals surface area contributed by atoms with Gasteiger partial charge in [-0.15, -0.1) is 5.06 Å². The molecular weight excluding hydrogens is 462 g/mol. The van der Waals surface area contributed by atoms with Crippen molar-refractivity contribution in [1.82, 2.24) is 24.7 Å². The molecule has 0 atom stereocenters. The minimum absolute atomic E-state index is 0.0333. The van der Waals surface area contributed by atoms with Gasteiger partial charge >= 0.3 is 5.97 Å². The van der Waals surface area contributed by atoms with Crippen molar-refractivity contribution in [2.24, 2.45) is 0 Å². The van der Waals surface area contributed by atoms with E-state index in [0.29, 0.717) is 28.5 Å². The molecule has 0 unspecified atom stereocenters. The van der Waals surface area contributed by atoms with Crippen LogP contribution in [0.3, 0.4) is 0 Å². The number of rotatable bonds is 7. The van der Waals surface area contributed by atoms with Gasteiger partial charge in [0.15, 0.2) is 0 Å². The molecule has 0 aliphatic carbocycles. The third kappa shape index (κ3) is 5.13. The van der Waals surface area contributed by atoms with E-state index in [2.05, 4.69) is 15.2 Å². The fraction of sp³-hybridized carbons (Fsp3) is 0.346. The molecule has 4 heterocycles. The first kappa shape index (κ1) is 23.7. The molecule has 0 spiro atoms. The van der Waals surface area contributed by atoms with E-state index in [4.69, 9.17) is 4.84 Å². The summed E-state index contributed by atoms with van der Waals surface area (Å²) in [7, 11) is 0. The number of fused-ring (bicyclic) bond motifs is 1. The zero-order chi connectivity index (χ0) is 25.1. The number of hydrogen-bond acceptors (Lipinski definition) is 7. The highest BCUT2D eigenvalue weighted by molar-refractivity contribution is 6.02.